The summed E-state index contributed by atoms with van der Waals surface area (Å²) in [4.78, 5) is 15.6. The first-order valence-electron chi connectivity index (χ1n) is 4.64. The van der Waals surface area contributed by atoms with Crippen LogP contribution in [0, 0.1) is 0 Å². The van der Waals surface area contributed by atoms with Crippen LogP contribution < -0.4 is 4.74 Å². The molecule has 0 aliphatic rings. The standard InChI is InChI=1S/C12H8BrNO2/c13-11-6-7-14-8-10(11)12(15)16-9-4-2-1-3-5-9/h1-8H. The van der Waals surface area contributed by atoms with Gasteiger partial charge in [0.1, 0.15) is 5.75 Å². The Balaban J connectivity index is 2.19. The van der Waals surface area contributed by atoms with Gasteiger partial charge in [0, 0.05) is 16.9 Å². The van der Waals surface area contributed by atoms with Gasteiger partial charge in [-0.25, -0.2) is 4.79 Å². The van der Waals surface area contributed by atoms with E-state index < -0.39 is 5.97 Å². The summed E-state index contributed by atoms with van der Waals surface area (Å²) in [6, 6.07) is 10.6. The zero-order chi connectivity index (χ0) is 11.4. The van der Waals surface area contributed by atoms with Crippen LogP contribution in [0.2, 0.25) is 0 Å². The smallest absolute Gasteiger partial charge is 0.346 e. The quantitative estimate of drug-likeness (QED) is 0.626. The molecule has 0 atom stereocenters. The molecule has 2 rings (SSSR count). The van der Waals surface area contributed by atoms with Gasteiger partial charge in [-0.05, 0) is 34.1 Å². The van der Waals surface area contributed by atoms with E-state index in [4.69, 9.17) is 4.74 Å². The molecule has 0 N–H and O–H groups in total. The minimum atomic E-state index is -0.425. The highest BCUT2D eigenvalue weighted by molar-refractivity contribution is 9.10. The Kier molecular flexibility index (Phi) is 3.31. The lowest BCUT2D eigenvalue weighted by Crippen LogP contribution is -2.09. The van der Waals surface area contributed by atoms with Crippen molar-refractivity contribution in [3.63, 3.8) is 0 Å². The second-order valence-corrected chi connectivity index (χ2v) is 3.91. The molecule has 3 nitrogen and oxygen atoms in total. The van der Waals surface area contributed by atoms with Gasteiger partial charge in [0.15, 0.2) is 0 Å². The Morgan fingerprint density at radius 2 is 1.94 bits per heavy atom. The van der Waals surface area contributed by atoms with Gasteiger partial charge in [-0.1, -0.05) is 18.2 Å². The van der Waals surface area contributed by atoms with Crippen LogP contribution in [0.5, 0.6) is 5.75 Å². The monoisotopic (exact) mass is 277 g/mol. The van der Waals surface area contributed by atoms with E-state index in [2.05, 4.69) is 20.9 Å². The van der Waals surface area contributed by atoms with E-state index in [1.54, 1.807) is 36.5 Å². The summed E-state index contributed by atoms with van der Waals surface area (Å²) in [6.07, 6.45) is 3.07. The first-order chi connectivity index (χ1) is 7.77. The fourth-order valence-electron chi connectivity index (χ4n) is 1.18. The highest BCUT2D eigenvalue weighted by atomic mass is 79.9. The Morgan fingerprint density at radius 1 is 1.19 bits per heavy atom. The third-order valence-corrected chi connectivity index (χ3v) is 2.63. The first kappa shape index (κ1) is 10.8. The topological polar surface area (TPSA) is 39.2 Å². The Hall–Kier alpha value is -1.68. The molecule has 0 amide bonds. The molecule has 2 aromatic rings. The lowest BCUT2D eigenvalue weighted by Gasteiger charge is -2.04. The molecule has 0 unspecified atom stereocenters. The van der Waals surface area contributed by atoms with Gasteiger partial charge in [0.2, 0.25) is 0 Å². The minimum Gasteiger partial charge on any atom is -0.423 e. The normalized spacial score (nSPS) is 9.81. The van der Waals surface area contributed by atoms with Crippen molar-refractivity contribution in [3.05, 3.63) is 58.8 Å². The van der Waals surface area contributed by atoms with Gasteiger partial charge in [-0.15, -0.1) is 0 Å². The Bertz CT molecular complexity index is 499. The SMILES string of the molecule is O=C(Oc1ccccc1)c1cnccc1Br. The molecule has 4 heteroatoms. The number of halogens is 1. The summed E-state index contributed by atoms with van der Waals surface area (Å²) in [5, 5.41) is 0. The lowest BCUT2D eigenvalue weighted by molar-refractivity contribution is 0.0733. The van der Waals surface area contributed by atoms with Crippen molar-refractivity contribution < 1.29 is 9.53 Å². The molecule has 0 bridgehead atoms. The molecule has 0 spiro atoms. The van der Waals surface area contributed by atoms with Crippen molar-refractivity contribution in [3.8, 4) is 5.75 Å². The Morgan fingerprint density at radius 3 is 2.62 bits per heavy atom. The van der Waals surface area contributed by atoms with Gasteiger partial charge in [-0.2, -0.15) is 0 Å². The van der Waals surface area contributed by atoms with Crippen LogP contribution in [0.4, 0.5) is 0 Å². The maximum Gasteiger partial charge on any atom is 0.346 e. The first-order valence-corrected chi connectivity index (χ1v) is 5.43. The van der Waals surface area contributed by atoms with E-state index in [0.29, 0.717) is 15.8 Å². The third-order valence-electron chi connectivity index (χ3n) is 1.94. The molecular weight excluding hydrogens is 270 g/mol. The number of carbonyl (C=O) groups is 1. The van der Waals surface area contributed by atoms with Crippen LogP contribution >= 0.6 is 15.9 Å². The number of esters is 1. The van der Waals surface area contributed by atoms with Crippen molar-refractivity contribution >= 4 is 21.9 Å². The van der Waals surface area contributed by atoms with Crippen molar-refractivity contribution in [1.82, 2.24) is 4.98 Å². The minimum absolute atomic E-state index is 0.409. The van der Waals surface area contributed by atoms with Crippen LogP contribution in [0.1, 0.15) is 10.4 Å². The molecule has 0 saturated heterocycles. The molecule has 1 aromatic carbocycles. The summed E-state index contributed by atoms with van der Waals surface area (Å²) in [7, 11) is 0. The maximum absolute atomic E-state index is 11.7. The summed E-state index contributed by atoms with van der Waals surface area (Å²) in [5.41, 5.74) is 0.409. The fourth-order valence-corrected chi connectivity index (χ4v) is 1.56. The predicted molar refractivity (Wildman–Crippen MR) is 63.3 cm³/mol. The second-order valence-electron chi connectivity index (χ2n) is 3.06. The number of para-hydroxylation sites is 1. The van der Waals surface area contributed by atoms with Crippen molar-refractivity contribution in [2.45, 2.75) is 0 Å². The molecule has 16 heavy (non-hydrogen) atoms. The number of ether oxygens (including phenoxy) is 1. The van der Waals surface area contributed by atoms with E-state index in [9.17, 15) is 4.79 Å². The number of nitrogens with zero attached hydrogens (tertiary/aromatic N) is 1. The number of benzene rings is 1. The molecular formula is C12H8BrNO2. The van der Waals surface area contributed by atoms with Crippen molar-refractivity contribution in [2.75, 3.05) is 0 Å². The zero-order valence-corrected chi connectivity index (χ0v) is 9.85. The van der Waals surface area contributed by atoms with Crippen molar-refractivity contribution in [2.24, 2.45) is 0 Å². The number of aromatic nitrogens is 1. The van der Waals surface area contributed by atoms with E-state index in [1.807, 2.05) is 6.07 Å². The van der Waals surface area contributed by atoms with Crippen LogP contribution in [0.15, 0.2) is 53.3 Å². The number of hydrogen-bond donors (Lipinski definition) is 0. The summed E-state index contributed by atoms with van der Waals surface area (Å²) in [5.74, 6) is 0.0921. The van der Waals surface area contributed by atoms with Gasteiger partial charge in [0.05, 0.1) is 5.56 Å². The van der Waals surface area contributed by atoms with E-state index >= 15 is 0 Å². The molecule has 80 valence electrons. The number of pyridine rings is 1. The van der Waals surface area contributed by atoms with Crippen LogP contribution in [0.25, 0.3) is 0 Å². The van der Waals surface area contributed by atoms with Gasteiger partial charge < -0.3 is 4.74 Å². The lowest BCUT2D eigenvalue weighted by atomic mass is 10.3. The molecule has 1 aromatic heterocycles. The van der Waals surface area contributed by atoms with E-state index in [0.717, 1.165) is 0 Å². The number of rotatable bonds is 2. The molecule has 0 aliphatic carbocycles. The van der Waals surface area contributed by atoms with E-state index in [1.165, 1.54) is 6.20 Å². The van der Waals surface area contributed by atoms with Gasteiger partial charge in [-0.3, -0.25) is 4.98 Å². The molecule has 1 heterocycles. The highest BCUT2D eigenvalue weighted by Gasteiger charge is 2.11. The van der Waals surface area contributed by atoms with Crippen LogP contribution in [-0.2, 0) is 0 Å². The molecule has 0 radical (unpaired) electrons. The van der Waals surface area contributed by atoms with Gasteiger partial charge in [0.25, 0.3) is 0 Å². The highest BCUT2D eigenvalue weighted by Crippen LogP contribution is 2.17. The molecule has 0 aliphatic heterocycles. The summed E-state index contributed by atoms with van der Waals surface area (Å²) in [6.45, 7) is 0. The number of carbonyl (C=O) groups excluding carboxylic acids is 1. The average Bonchev–Trinajstić information content (AvgIpc) is 2.31. The zero-order valence-electron chi connectivity index (χ0n) is 8.26. The molecule has 0 fully saturated rings. The Labute approximate surface area is 101 Å². The predicted octanol–water partition coefficient (Wildman–Crippen LogP) is 3.06. The maximum atomic E-state index is 11.7. The third kappa shape index (κ3) is 2.46. The van der Waals surface area contributed by atoms with E-state index in [-0.39, 0.29) is 0 Å². The fraction of sp³-hybridized carbons (Fsp3) is 0. The molecule has 0 saturated carbocycles. The average molecular weight is 278 g/mol. The summed E-state index contributed by atoms with van der Waals surface area (Å²) >= 11 is 3.27. The van der Waals surface area contributed by atoms with Gasteiger partial charge >= 0.3 is 5.97 Å². The summed E-state index contributed by atoms with van der Waals surface area (Å²) < 4.78 is 5.84. The van der Waals surface area contributed by atoms with Crippen molar-refractivity contribution in [1.29, 1.82) is 0 Å². The largest absolute Gasteiger partial charge is 0.423 e. The van der Waals surface area contributed by atoms with Crippen LogP contribution in [-0.4, -0.2) is 11.0 Å². The second kappa shape index (κ2) is 4.90. The van der Waals surface area contributed by atoms with Crippen LogP contribution in [0.3, 0.4) is 0 Å². The number of hydrogen-bond acceptors (Lipinski definition) is 3.